The summed E-state index contributed by atoms with van der Waals surface area (Å²) in [5.41, 5.74) is 0. The van der Waals surface area contributed by atoms with Crippen molar-refractivity contribution in [3.05, 3.63) is 36.7 Å². The van der Waals surface area contributed by atoms with Gasteiger partial charge in [-0.3, -0.25) is 9.88 Å². The van der Waals surface area contributed by atoms with Crippen LogP contribution in [0.5, 0.6) is 0 Å². The van der Waals surface area contributed by atoms with Gasteiger partial charge in [0.25, 0.3) is 0 Å². The Bertz CT molecular complexity index is 802. The van der Waals surface area contributed by atoms with E-state index >= 15 is 0 Å². The van der Waals surface area contributed by atoms with Crippen LogP contribution in [0.3, 0.4) is 0 Å². The van der Waals surface area contributed by atoms with E-state index in [2.05, 4.69) is 23.7 Å². The van der Waals surface area contributed by atoms with E-state index in [1.807, 2.05) is 6.07 Å². The zero-order valence-electron chi connectivity index (χ0n) is 14.4. The molecule has 24 heavy (non-hydrogen) atoms. The van der Waals surface area contributed by atoms with E-state index in [-0.39, 0.29) is 0 Å². The van der Waals surface area contributed by atoms with Crippen molar-refractivity contribution < 1.29 is 8.42 Å². The van der Waals surface area contributed by atoms with Crippen molar-refractivity contribution in [3.8, 4) is 0 Å². The Balaban J connectivity index is 1.90. The Hall–Kier alpha value is -1.50. The molecule has 0 N–H and O–H groups in total. The number of pyridine rings is 1. The summed E-state index contributed by atoms with van der Waals surface area (Å²) in [6.45, 7) is 7.27. The highest BCUT2D eigenvalue weighted by Crippen LogP contribution is 2.26. The van der Waals surface area contributed by atoms with Gasteiger partial charge in [0, 0.05) is 48.8 Å². The number of benzene rings is 1. The Labute approximate surface area is 144 Å². The monoisotopic (exact) mass is 347 g/mol. The molecule has 1 aliphatic heterocycles. The van der Waals surface area contributed by atoms with Crippen LogP contribution in [0, 0.1) is 0 Å². The molecule has 1 atom stereocenters. The summed E-state index contributed by atoms with van der Waals surface area (Å²) in [6, 6.07) is 7.67. The minimum absolute atomic E-state index is 0.388. The van der Waals surface area contributed by atoms with Gasteiger partial charge in [-0.05, 0) is 38.4 Å². The van der Waals surface area contributed by atoms with Crippen LogP contribution in [-0.4, -0.2) is 54.8 Å². The number of hydrogen-bond acceptors (Lipinski definition) is 4. The Kier molecular flexibility index (Phi) is 5.18. The first-order valence-corrected chi connectivity index (χ1v) is 10.0. The highest BCUT2D eigenvalue weighted by molar-refractivity contribution is 7.89. The quantitative estimate of drug-likeness (QED) is 0.853. The first-order valence-electron chi connectivity index (χ1n) is 8.61. The van der Waals surface area contributed by atoms with Gasteiger partial charge in [-0.2, -0.15) is 4.31 Å². The first kappa shape index (κ1) is 17.3. The van der Waals surface area contributed by atoms with Crippen molar-refractivity contribution in [1.29, 1.82) is 0 Å². The number of sulfonamides is 1. The Morgan fingerprint density at radius 3 is 2.79 bits per heavy atom. The smallest absolute Gasteiger partial charge is 0.243 e. The second kappa shape index (κ2) is 7.17. The summed E-state index contributed by atoms with van der Waals surface area (Å²) in [7, 11) is -3.49. The molecule has 1 fully saturated rings. The summed E-state index contributed by atoms with van der Waals surface area (Å²) < 4.78 is 28.0. The molecule has 130 valence electrons. The number of nitrogens with zero attached hydrogens (tertiary/aromatic N) is 3. The molecule has 1 aromatic heterocycles. The lowest BCUT2D eigenvalue weighted by molar-refractivity contribution is 0.214. The van der Waals surface area contributed by atoms with Gasteiger partial charge < -0.3 is 0 Å². The fourth-order valence-corrected chi connectivity index (χ4v) is 4.99. The summed E-state index contributed by atoms with van der Waals surface area (Å²) in [5.74, 6) is 0. The molecule has 0 saturated carbocycles. The third-order valence-corrected chi connectivity index (χ3v) is 6.92. The van der Waals surface area contributed by atoms with E-state index in [1.54, 1.807) is 34.9 Å². The number of fused-ring (bicyclic) bond motifs is 1. The minimum atomic E-state index is -3.49. The molecule has 1 unspecified atom stereocenters. The van der Waals surface area contributed by atoms with Crippen molar-refractivity contribution in [2.75, 3.05) is 26.2 Å². The molecule has 5 nitrogen and oxygen atoms in total. The maximum absolute atomic E-state index is 13.2. The fourth-order valence-electron chi connectivity index (χ4n) is 3.31. The molecule has 0 bridgehead atoms. The van der Waals surface area contributed by atoms with Crippen molar-refractivity contribution in [2.24, 2.45) is 0 Å². The van der Waals surface area contributed by atoms with Gasteiger partial charge in [0.05, 0.1) is 4.90 Å². The second-order valence-corrected chi connectivity index (χ2v) is 8.31. The minimum Gasteiger partial charge on any atom is -0.299 e. The summed E-state index contributed by atoms with van der Waals surface area (Å²) in [5, 5.41) is 1.60. The molecule has 0 radical (unpaired) electrons. The van der Waals surface area contributed by atoms with Gasteiger partial charge in [0.2, 0.25) is 10.0 Å². The fraction of sp³-hybridized carbons (Fsp3) is 0.500. The van der Waals surface area contributed by atoms with Crippen LogP contribution in [0.1, 0.15) is 26.7 Å². The standard InChI is InChI=1S/C18H25N3O2S/c1-3-15(2)20-10-5-11-21(13-12-20)24(22,23)18-7-4-6-16-14-19-9-8-17(16)18/h4,6-9,14-15H,3,5,10-13H2,1-2H3. The molecule has 1 aromatic carbocycles. The predicted octanol–water partition coefficient (Wildman–Crippen LogP) is 2.73. The average Bonchev–Trinajstić information content (AvgIpc) is 2.87. The lowest BCUT2D eigenvalue weighted by atomic mass is 10.2. The van der Waals surface area contributed by atoms with Gasteiger partial charge in [-0.15, -0.1) is 0 Å². The van der Waals surface area contributed by atoms with Crippen LogP contribution >= 0.6 is 0 Å². The number of hydrogen-bond donors (Lipinski definition) is 0. The lowest BCUT2D eigenvalue weighted by Gasteiger charge is -2.26. The van der Waals surface area contributed by atoms with Gasteiger partial charge >= 0.3 is 0 Å². The second-order valence-electron chi connectivity index (χ2n) is 6.40. The van der Waals surface area contributed by atoms with E-state index in [0.717, 1.165) is 36.7 Å². The maximum Gasteiger partial charge on any atom is 0.243 e. The maximum atomic E-state index is 13.2. The van der Waals surface area contributed by atoms with Gasteiger partial charge in [-0.1, -0.05) is 19.1 Å². The van der Waals surface area contributed by atoms with E-state index in [4.69, 9.17) is 0 Å². The molecule has 0 aliphatic carbocycles. The lowest BCUT2D eigenvalue weighted by Crippen LogP contribution is -2.38. The summed E-state index contributed by atoms with van der Waals surface area (Å²) >= 11 is 0. The normalized spacial score (nSPS) is 19.2. The topological polar surface area (TPSA) is 53.5 Å². The van der Waals surface area contributed by atoms with E-state index < -0.39 is 10.0 Å². The van der Waals surface area contributed by atoms with Crippen LogP contribution in [0.25, 0.3) is 10.8 Å². The van der Waals surface area contributed by atoms with E-state index in [0.29, 0.717) is 24.0 Å². The van der Waals surface area contributed by atoms with Gasteiger partial charge in [0.1, 0.15) is 0 Å². The molecule has 6 heteroatoms. The van der Waals surface area contributed by atoms with Crippen molar-refractivity contribution in [1.82, 2.24) is 14.2 Å². The van der Waals surface area contributed by atoms with Crippen LogP contribution in [-0.2, 0) is 10.0 Å². The molecule has 0 amide bonds. The predicted molar refractivity (Wildman–Crippen MR) is 96.4 cm³/mol. The highest BCUT2D eigenvalue weighted by Gasteiger charge is 2.29. The van der Waals surface area contributed by atoms with Gasteiger partial charge in [-0.25, -0.2) is 8.42 Å². The van der Waals surface area contributed by atoms with Crippen molar-refractivity contribution in [3.63, 3.8) is 0 Å². The summed E-state index contributed by atoms with van der Waals surface area (Å²) in [6.07, 6.45) is 5.31. The first-order chi connectivity index (χ1) is 11.5. The van der Waals surface area contributed by atoms with Gasteiger partial charge in [0.15, 0.2) is 0 Å². The summed E-state index contributed by atoms with van der Waals surface area (Å²) in [4.78, 5) is 6.87. The molecular weight excluding hydrogens is 322 g/mol. The van der Waals surface area contributed by atoms with E-state index in [9.17, 15) is 8.42 Å². The van der Waals surface area contributed by atoms with Crippen molar-refractivity contribution >= 4 is 20.8 Å². The Morgan fingerprint density at radius 2 is 2.00 bits per heavy atom. The third-order valence-electron chi connectivity index (χ3n) is 4.96. The molecule has 1 saturated heterocycles. The molecule has 3 rings (SSSR count). The molecular formula is C18H25N3O2S. The molecule has 0 spiro atoms. The van der Waals surface area contributed by atoms with Crippen LogP contribution in [0.15, 0.2) is 41.6 Å². The number of aromatic nitrogens is 1. The van der Waals surface area contributed by atoms with Crippen LogP contribution < -0.4 is 0 Å². The molecule has 2 aromatic rings. The largest absolute Gasteiger partial charge is 0.299 e. The number of rotatable bonds is 4. The Morgan fingerprint density at radius 1 is 1.17 bits per heavy atom. The van der Waals surface area contributed by atoms with E-state index in [1.165, 1.54) is 0 Å². The average molecular weight is 347 g/mol. The molecule has 2 heterocycles. The SMILES string of the molecule is CCC(C)N1CCCN(S(=O)(=O)c2cccc3cnccc23)CC1. The molecule has 1 aliphatic rings. The van der Waals surface area contributed by atoms with Crippen molar-refractivity contribution in [2.45, 2.75) is 37.6 Å². The highest BCUT2D eigenvalue weighted by atomic mass is 32.2. The van der Waals surface area contributed by atoms with Crippen LogP contribution in [0.2, 0.25) is 0 Å². The third kappa shape index (κ3) is 3.31. The van der Waals surface area contributed by atoms with Crippen LogP contribution in [0.4, 0.5) is 0 Å². The zero-order valence-corrected chi connectivity index (χ0v) is 15.2. The zero-order chi connectivity index (χ0) is 17.2.